The van der Waals surface area contributed by atoms with Crippen LogP contribution in [0.1, 0.15) is 4.88 Å². The molecule has 0 aliphatic carbocycles. The normalized spacial score (nSPS) is 10.2. The SMILES string of the molecule is COc1ccc(OCc2cc(Br)cs2)c(N)c1. The number of hydrogen-bond donors (Lipinski definition) is 1. The first-order chi connectivity index (χ1) is 8.19. The summed E-state index contributed by atoms with van der Waals surface area (Å²) >= 11 is 5.05. The maximum Gasteiger partial charge on any atom is 0.143 e. The first-order valence-electron chi connectivity index (χ1n) is 4.98. The average Bonchev–Trinajstić information content (AvgIpc) is 2.73. The number of nitrogens with two attached hydrogens (primary N) is 1. The molecule has 0 aliphatic heterocycles. The maximum atomic E-state index is 5.86. The molecule has 2 rings (SSSR count). The summed E-state index contributed by atoms with van der Waals surface area (Å²) in [6, 6.07) is 7.43. The van der Waals surface area contributed by atoms with E-state index in [1.165, 1.54) is 0 Å². The fourth-order valence-electron chi connectivity index (χ4n) is 1.36. The lowest BCUT2D eigenvalue weighted by Crippen LogP contribution is -1.97. The minimum absolute atomic E-state index is 0.521. The zero-order valence-corrected chi connectivity index (χ0v) is 11.7. The van der Waals surface area contributed by atoms with Crippen molar-refractivity contribution in [2.75, 3.05) is 12.8 Å². The van der Waals surface area contributed by atoms with Crippen LogP contribution >= 0.6 is 27.3 Å². The lowest BCUT2D eigenvalue weighted by Gasteiger charge is -2.09. The van der Waals surface area contributed by atoms with Crippen LogP contribution < -0.4 is 15.2 Å². The van der Waals surface area contributed by atoms with Gasteiger partial charge in [0, 0.05) is 20.8 Å². The summed E-state index contributed by atoms with van der Waals surface area (Å²) in [4.78, 5) is 1.15. The Hall–Kier alpha value is -1.20. The van der Waals surface area contributed by atoms with Gasteiger partial charge >= 0.3 is 0 Å². The zero-order chi connectivity index (χ0) is 12.3. The molecule has 17 heavy (non-hydrogen) atoms. The van der Waals surface area contributed by atoms with Crippen LogP contribution in [-0.4, -0.2) is 7.11 Å². The summed E-state index contributed by atoms with van der Waals surface area (Å²) in [5.41, 5.74) is 6.44. The summed E-state index contributed by atoms with van der Waals surface area (Å²) in [7, 11) is 1.61. The molecule has 0 radical (unpaired) electrons. The molecule has 5 heteroatoms. The van der Waals surface area contributed by atoms with Gasteiger partial charge in [0.05, 0.1) is 12.8 Å². The van der Waals surface area contributed by atoms with Crippen molar-refractivity contribution in [3.8, 4) is 11.5 Å². The first kappa shape index (κ1) is 12.3. The Balaban J connectivity index is 2.04. The molecule has 1 aromatic heterocycles. The second-order valence-corrected chi connectivity index (χ2v) is 5.34. The van der Waals surface area contributed by atoms with Crippen molar-refractivity contribution in [3.05, 3.63) is 39.0 Å². The van der Waals surface area contributed by atoms with Crippen LogP contribution in [0, 0.1) is 0 Å². The molecule has 2 N–H and O–H groups in total. The fourth-order valence-corrected chi connectivity index (χ4v) is 2.73. The summed E-state index contributed by atoms with van der Waals surface area (Å²) in [5, 5.41) is 2.02. The van der Waals surface area contributed by atoms with Crippen LogP contribution in [0.2, 0.25) is 0 Å². The molecule has 2 aromatic rings. The molecule has 1 heterocycles. The van der Waals surface area contributed by atoms with Crippen LogP contribution in [0.25, 0.3) is 0 Å². The second kappa shape index (κ2) is 5.42. The third kappa shape index (κ3) is 3.14. The highest BCUT2D eigenvalue weighted by Gasteiger charge is 2.04. The van der Waals surface area contributed by atoms with E-state index in [1.54, 1.807) is 24.5 Å². The summed E-state index contributed by atoms with van der Waals surface area (Å²) in [6.45, 7) is 0.521. The highest BCUT2D eigenvalue weighted by atomic mass is 79.9. The minimum Gasteiger partial charge on any atom is -0.497 e. The van der Waals surface area contributed by atoms with Crippen molar-refractivity contribution in [2.45, 2.75) is 6.61 Å². The Kier molecular flexibility index (Phi) is 3.91. The van der Waals surface area contributed by atoms with Crippen molar-refractivity contribution in [2.24, 2.45) is 0 Å². The van der Waals surface area contributed by atoms with Gasteiger partial charge in [0.25, 0.3) is 0 Å². The highest BCUT2D eigenvalue weighted by molar-refractivity contribution is 9.10. The van der Waals surface area contributed by atoms with Crippen molar-refractivity contribution >= 4 is 33.0 Å². The molecule has 0 bridgehead atoms. The topological polar surface area (TPSA) is 44.5 Å². The first-order valence-corrected chi connectivity index (χ1v) is 6.65. The van der Waals surface area contributed by atoms with Gasteiger partial charge in [0.15, 0.2) is 0 Å². The third-order valence-electron chi connectivity index (χ3n) is 2.21. The van der Waals surface area contributed by atoms with E-state index in [2.05, 4.69) is 15.9 Å². The molecule has 1 aromatic carbocycles. The maximum absolute atomic E-state index is 5.86. The summed E-state index contributed by atoms with van der Waals surface area (Å²) in [5.74, 6) is 1.41. The van der Waals surface area contributed by atoms with E-state index in [9.17, 15) is 0 Å². The molecule has 0 atom stereocenters. The minimum atomic E-state index is 0.521. The standard InChI is InChI=1S/C12H12BrNO2S/c1-15-9-2-3-12(11(14)5-9)16-6-10-4-8(13)7-17-10/h2-5,7H,6,14H2,1H3. The zero-order valence-electron chi connectivity index (χ0n) is 9.27. The molecular formula is C12H12BrNO2S. The van der Waals surface area contributed by atoms with Gasteiger partial charge in [0.2, 0.25) is 0 Å². The van der Waals surface area contributed by atoms with E-state index in [0.29, 0.717) is 18.0 Å². The van der Waals surface area contributed by atoms with Gasteiger partial charge in [-0.05, 0) is 34.1 Å². The van der Waals surface area contributed by atoms with Gasteiger partial charge in [0.1, 0.15) is 18.1 Å². The van der Waals surface area contributed by atoms with E-state index in [1.807, 2.05) is 23.6 Å². The van der Waals surface area contributed by atoms with E-state index in [4.69, 9.17) is 15.2 Å². The number of nitrogen functional groups attached to an aromatic ring is 1. The van der Waals surface area contributed by atoms with Gasteiger partial charge in [-0.25, -0.2) is 0 Å². The number of hydrogen-bond acceptors (Lipinski definition) is 4. The molecular weight excluding hydrogens is 302 g/mol. The molecule has 3 nitrogen and oxygen atoms in total. The number of rotatable bonds is 4. The fraction of sp³-hybridized carbons (Fsp3) is 0.167. The predicted molar refractivity (Wildman–Crippen MR) is 73.8 cm³/mol. The van der Waals surface area contributed by atoms with Gasteiger partial charge < -0.3 is 15.2 Å². The Labute approximate surface area is 112 Å². The average molecular weight is 314 g/mol. The van der Waals surface area contributed by atoms with Gasteiger partial charge in [-0.1, -0.05) is 0 Å². The molecule has 0 saturated heterocycles. The Morgan fingerprint density at radius 2 is 2.18 bits per heavy atom. The van der Waals surface area contributed by atoms with Crippen LogP contribution in [0.5, 0.6) is 11.5 Å². The number of methoxy groups -OCH3 is 1. The van der Waals surface area contributed by atoms with E-state index in [-0.39, 0.29) is 0 Å². The second-order valence-electron chi connectivity index (χ2n) is 3.42. The molecule has 0 fully saturated rings. The van der Waals surface area contributed by atoms with E-state index < -0.39 is 0 Å². The number of thiophene rings is 1. The molecule has 0 aliphatic rings. The predicted octanol–water partition coefficient (Wildman–Crippen LogP) is 3.68. The van der Waals surface area contributed by atoms with Crippen molar-refractivity contribution in [3.63, 3.8) is 0 Å². The van der Waals surface area contributed by atoms with Crippen molar-refractivity contribution in [1.82, 2.24) is 0 Å². The van der Waals surface area contributed by atoms with E-state index >= 15 is 0 Å². The molecule has 0 amide bonds. The van der Waals surface area contributed by atoms with Crippen molar-refractivity contribution in [1.29, 1.82) is 0 Å². The third-order valence-corrected chi connectivity index (χ3v) is 3.88. The Morgan fingerprint density at radius 1 is 1.35 bits per heavy atom. The van der Waals surface area contributed by atoms with Crippen LogP contribution in [0.4, 0.5) is 5.69 Å². The number of ether oxygens (including phenoxy) is 2. The van der Waals surface area contributed by atoms with Gasteiger partial charge in [-0.15, -0.1) is 11.3 Å². The molecule has 0 spiro atoms. The number of benzene rings is 1. The van der Waals surface area contributed by atoms with Crippen LogP contribution in [0.3, 0.4) is 0 Å². The summed E-state index contributed by atoms with van der Waals surface area (Å²) in [6.07, 6.45) is 0. The van der Waals surface area contributed by atoms with Crippen LogP contribution in [0.15, 0.2) is 34.1 Å². The number of halogens is 1. The Bertz CT molecular complexity index is 513. The van der Waals surface area contributed by atoms with Gasteiger partial charge in [-0.2, -0.15) is 0 Å². The van der Waals surface area contributed by atoms with E-state index in [0.717, 1.165) is 15.1 Å². The Morgan fingerprint density at radius 3 is 2.76 bits per heavy atom. The lowest BCUT2D eigenvalue weighted by molar-refractivity contribution is 0.311. The molecule has 0 unspecified atom stereocenters. The molecule has 0 saturated carbocycles. The highest BCUT2D eigenvalue weighted by Crippen LogP contribution is 2.28. The number of anilines is 1. The molecule has 90 valence electrons. The van der Waals surface area contributed by atoms with Crippen molar-refractivity contribution < 1.29 is 9.47 Å². The quantitative estimate of drug-likeness (QED) is 0.876. The monoisotopic (exact) mass is 313 g/mol. The largest absolute Gasteiger partial charge is 0.497 e. The smallest absolute Gasteiger partial charge is 0.143 e. The van der Waals surface area contributed by atoms with Crippen LogP contribution in [-0.2, 0) is 6.61 Å². The lowest BCUT2D eigenvalue weighted by atomic mass is 10.3. The van der Waals surface area contributed by atoms with Gasteiger partial charge in [-0.3, -0.25) is 0 Å². The summed E-state index contributed by atoms with van der Waals surface area (Å²) < 4.78 is 11.8.